The van der Waals surface area contributed by atoms with Gasteiger partial charge in [-0.05, 0) is 50.3 Å². The van der Waals surface area contributed by atoms with E-state index in [1.165, 1.54) is 43.2 Å². The van der Waals surface area contributed by atoms with Gasteiger partial charge in [0.1, 0.15) is 0 Å². The Morgan fingerprint density at radius 2 is 2.05 bits per heavy atom. The average Bonchev–Trinajstić information content (AvgIpc) is 2.47. The lowest BCUT2D eigenvalue weighted by Crippen LogP contribution is -2.26. The van der Waals surface area contributed by atoms with E-state index in [9.17, 15) is 0 Å². The van der Waals surface area contributed by atoms with Gasteiger partial charge >= 0.3 is 0 Å². The van der Waals surface area contributed by atoms with Crippen molar-refractivity contribution >= 4 is 0 Å². The van der Waals surface area contributed by atoms with Gasteiger partial charge in [-0.2, -0.15) is 0 Å². The molecule has 1 aliphatic heterocycles. The van der Waals surface area contributed by atoms with Crippen molar-refractivity contribution in [2.45, 2.75) is 57.6 Å². The second kappa shape index (κ2) is 7.66. The van der Waals surface area contributed by atoms with E-state index in [1.807, 2.05) is 7.05 Å². The van der Waals surface area contributed by atoms with Gasteiger partial charge in [-0.15, -0.1) is 0 Å². The molecule has 0 spiro atoms. The van der Waals surface area contributed by atoms with Crippen molar-refractivity contribution in [2.75, 3.05) is 13.7 Å². The Kier molecular flexibility index (Phi) is 5.87. The summed E-state index contributed by atoms with van der Waals surface area (Å²) in [7, 11) is 2.05. The second-order valence-electron chi connectivity index (χ2n) is 5.56. The minimum Gasteiger partial charge on any atom is -0.378 e. The van der Waals surface area contributed by atoms with Crippen LogP contribution >= 0.6 is 0 Å². The zero-order valence-corrected chi connectivity index (χ0v) is 12.3. The van der Waals surface area contributed by atoms with Crippen LogP contribution in [0.15, 0.2) is 24.3 Å². The van der Waals surface area contributed by atoms with E-state index in [2.05, 4.69) is 36.5 Å². The van der Waals surface area contributed by atoms with E-state index < -0.39 is 0 Å². The van der Waals surface area contributed by atoms with Crippen LogP contribution in [0.3, 0.4) is 0 Å². The van der Waals surface area contributed by atoms with Crippen molar-refractivity contribution in [1.82, 2.24) is 5.32 Å². The summed E-state index contributed by atoms with van der Waals surface area (Å²) >= 11 is 0. The summed E-state index contributed by atoms with van der Waals surface area (Å²) in [6, 6.07) is 9.50. The van der Waals surface area contributed by atoms with E-state index in [-0.39, 0.29) is 0 Å². The Morgan fingerprint density at radius 1 is 1.26 bits per heavy atom. The molecule has 2 nitrogen and oxygen atoms in total. The Balaban J connectivity index is 1.95. The highest BCUT2D eigenvalue weighted by Crippen LogP contribution is 2.25. The van der Waals surface area contributed by atoms with Crippen LogP contribution in [0.25, 0.3) is 0 Å². The predicted molar refractivity (Wildman–Crippen MR) is 80.4 cm³/mol. The standard InChI is InChI=1S/C17H27NO/c1-3-6-14-8-10-15(11-9-14)17(18-2)13-16-7-4-5-12-19-16/h8-11,16-18H,3-7,12-13H2,1-2H3. The van der Waals surface area contributed by atoms with E-state index in [0.717, 1.165) is 13.0 Å². The largest absolute Gasteiger partial charge is 0.378 e. The first-order valence-electron chi connectivity index (χ1n) is 7.71. The Hall–Kier alpha value is -0.860. The fraction of sp³-hybridized carbons (Fsp3) is 0.647. The van der Waals surface area contributed by atoms with E-state index in [0.29, 0.717) is 12.1 Å². The minimum absolute atomic E-state index is 0.416. The number of nitrogens with one attached hydrogen (secondary N) is 1. The van der Waals surface area contributed by atoms with Gasteiger partial charge < -0.3 is 10.1 Å². The van der Waals surface area contributed by atoms with Crippen LogP contribution in [0.5, 0.6) is 0 Å². The molecule has 0 aliphatic carbocycles. The molecule has 1 aromatic carbocycles. The molecule has 2 unspecified atom stereocenters. The normalized spacial score (nSPS) is 21.3. The SMILES string of the molecule is CCCc1ccc(C(CC2CCCCO2)NC)cc1. The number of benzene rings is 1. The third-order valence-corrected chi connectivity index (χ3v) is 4.04. The number of ether oxygens (including phenoxy) is 1. The molecule has 1 N–H and O–H groups in total. The van der Waals surface area contributed by atoms with Gasteiger partial charge in [-0.25, -0.2) is 0 Å². The summed E-state index contributed by atoms with van der Waals surface area (Å²) in [5.41, 5.74) is 2.83. The van der Waals surface area contributed by atoms with Gasteiger partial charge in [0.15, 0.2) is 0 Å². The first kappa shape index (κ1) is 14.5. The second-order valence-corrected chi connectivity index (χ2v) is 5.56. The summed E-state index contributed by atoms with van der Waals surface area (Å²) in [5.74, 6) is 0. The van der Waals surface area contributed by atoms with Crippen molar-refractivity contribution in [1.29, 1.82) is 0 Å². The molecule has 1 aliphatic rings. The van der Waals surface area contributed by atoms with Crippen molar-refractivity contribution in [3.8, 4) is 0 Å². The lowest BCUT2D eigenvalue weighted by Gasteiger charge is -2.27. The lowest BCUT2D eigenvalue weighted by atomic mass is 9.95. The number of aryl methyl sites for hydroxylation is 1. The fourth-order valence-corrected chi connectivity index (χ4v) is 2.88. The summed E-state index contributed by atoms with van der Waals surface area (Å²) in [5, 5.41) is 3.44. The molecule has 1 heterocycles. The smallest absolute Gasteiger partial charge is 0.0593 e. The molecule has 0 radical (unpaired) electrons. The molecule has 1 saturated heterocycles. The van der Waals surface area contributed by atoms with Crippen LogP contribution in [0, 0.1) is 0 Å². The minimum atomic E-state index is 0.416. The zero-order chi connectivity index (χ0) is 13.5. The molecular formula is C17H27NO. The Bertz CT molecular complexity index is 354. The third kappa shape index (κ3) is 4.32. The van der Waals surface area contributed by atoms with Crippen LogP contribution in [-0.2, 0) is 11.2 Å². The maximum Gasteiger partial charge on any atom is 0.0593 e. The van der Waals surface area contributed by atoms with Gasteiger partial charge in [-0.1, -0.05) is 37.6 Å². The van der Waals surface area contributed by atoms with E-state index >= 15 is 0 Å². The van der Waals surface area contributed by atoms with Gasteiger partial charge in [0.2, 0.25) is 0 Å². The molecule has 2 heteroatoms. The Labute approximate surface area is 117 Å². The molecule has 0 amide bonds. The summed E-state index contributed by atoms with van der Waals surface area (Å²) in [6.07, 6.45) is 7.67. The zero-order valence-electron chi connectivity index (χ0n) is 12.3. The van der Waals surface area contributed by atoms with Crippen molar-refractivity contribution in [3.05, 3.63) is 35.4 Å². The average molecular weight is 261 g/mol. The molecule has 106 valence electrons. The van der Waals surface area contributed by atoms with Crippen LogP contribution in [-0.4, -0.2) is 19.8 Å². The quantitative estimate of drug-likeness (QED) is 0.839. The van der Waals surface area contributed by atoms with E-state index in [1.54, 1.807) is 0 Å². The summed E-state index contributed by atoms with van der Waals surface area (Å²) in [6.45, 7) is 3.17. The topological polar surface area (TPSA) is 21.3 Å². The number of hydrogen-bond donors (Lipinski definition) is 1. The lowest BCUT2D eigenvalue weighted by molar-refractivity contribution is 0.00548. The number of hydrogen-bond acceptors (Lipinski definition) is 2. The first-order valence-corrected chi connectivity index (χ1v) is 7.71. The fourth-order valence-electron chi connectivity index (χ4n) is 2.88. The predicted octanol–water partition coefficient (Wildman–Crippen LogP) is 3.86. The highest BCUT2D eigenvalue weighted by atomic mass is 16.5. The van der Waals surface area contributed by atoms with Crippen LogP contribution in [0.4, 0.5) is 0 Å². The van der Waals surface area contributed by atoms with Gasteiger partial charge in [-0.3, -0.25) is 0 Å². The highest BCUT2D eigenvalue weighted by molar-refractivity contribution is 5.25. The molecular weight excluding hydrogens is 234 g/mol. The third-order valence-electron chi connectivity index (χ3n) is 4.04. The monoisotopic (exact) mass is 261 g/mol. The molecule has 19 heavy (non-hydrogen) atoms. The summed E-state index contributed by atoms with van der Waals surface area (Å²) < 4.78 is 5.85. The van der Waals surface area contributed by atoms with E-state index in [4.69, 9.17) is 4.74 Å². The molecule has 0 aromatic heterocycles. The highest BCUT2D eigenvalue weighted by Gasteiger charge is 2.19. The maximum absolute atomic E-state index is 5.85. The molecule has 1 fully saturated rings. The molecule has 0 bridgehead atoms. The first-order chi connectivity index (χ1) is 9.33. The molecule has 2 rings (SSSR count). The van der Waals surface area contributed by atoms with Crippen LogP contribution < -0.4 is 5.32 Å². The van der Waals surface area contributed by atoms with Crippen LogP contribution in [0.1, 0.15) is 56.2 Å². The molecule has 0 saturated carbocycles. The maximum atomic E-state index is 5.85. The van der Waals surface area contributed by atoms with Gasteiger partial charge in [0.25, 0.3) is 0 Å². The van der Waals surface area contributed by atoms with Gasteiger partial charge in [0, 0.05) is 12.6 Å². The van der Waals surface area contributed by atoms with Crippen molar-refractivity contribution in [2.24, 2.45) is 0 Å². The summed E-state index contributed by atoms with van der Waals surface area (Å²) in [4.78, 5) is 0. The van der Waals surface area contributed by atoms with Crippen molar-refractivity contribution in [3.63, 3.8) is 0 Å². The van der Waals surface area contributed by atoms with Crippen LogP contribution in [0.2, 0.25) is 0 Å². The number of rotatable bonds is 6. The Morgan fingerprint density at radius 3 is 2.63 bits per heavy atom. The van der Waals surface area contributed by atoms with Crippen molar-refractivity contribution < 1.29 is 4.74 Å². The molecule has 2 atom stereocenters. The van der Waals surface area contributed by atoms with Gasteiger partial charge in [0.05, 0.1) is 6.10 Å². The molecule has 1 aromatic rings.